The normalized spacial score (nSPS) is 20.6. The fourth-order valence-electron chi connectivity index (χ4n) is 3.72. The summed E-state index contributed by atoms with van der Waals surface area (Å²) in [5.41, 5.74) is 2.77. The molecule has 1 aliphatic rings. The molecule has 1 fully saturated rings. The molecular formula is C22H29NO2. The number of benzene rings is 2. The lowest BCUT2D eigenvalue weighted by Crippen LogP contribution is -2.19. The third-order valence-corrected chi connectivity index (χ3v) is 5.20. The van der Waals surface area contributed by atoms with Gasteiger partial charge in [-0.25, -0.2) is 0 Å². The number of hydrogen-bond acceptors (Lipinski definition) is 3. The Morgan fingerprint density at radius 3 is 2.04 bits per heavy atom. The molecule has 2 aromatic carbocycles. The summed E-state index contributed by atoms with van der Waals surface area (Å²) in [6.07, 6.45) is 4.95. The fraction of sp³-hybridized carbons (Fsp3) is 0.455. The Labute approximate surface area is 151 Å². The molecule has 0 aromatic heterocycles. The standard InChI is InChI=1S/C22H29NO2/c1-23(2)14-15-25-22-12-8-18(9-13-22)20-5-3-4-19(16-20)17-6-10-21(24)11-7-17/h6-13,19-20,24H,3-5,14-16H2,1-2H3. The summed E-state index contributed by atoms with van der Waals surface area (Å²) in [4.78, 5) is 2.12. The predicted octanol–water partition coefficient (Wildman–Crippen LogP) is 4.77. The van der Waals surface area contributed by atoms with Crippen molar-refractivity contribution in [2.45, 2.75) is 37.5 Å². The largest absolute Gasteiger partial charge is 0.508 e. The van der Waals surface area contributed by atoms with Gasteiger partial charge in [0.1, 0.15) is 18.1 Å². The molecule has 1 saturated carbocycles. The van der Waals surface area contributed by atoms with Gasteiger partial charge in [-0.15, -0.1) is 0 Å². The van der Waals surface area contributed by atoms with Crippen LogP contribution in [0.4, 0.5) is 0 Å². The van der Waals surface area contributed by atoms with Gasteiger partial charge in [0.2, 0.25) is 0 Å². The first-order chi connectivity index (χ1) is 12.1. The highest BCUT2D eigenvalue weighted by Crippen LogP contribution is 2.41. The molecule has 1 aliphatic carbocycles. The summed E-state index contributed by atoms with van der Waals surface area (Å²) in [6, 6.07) is 16.4. The number of phenols is 1. The molecule has 1 N–H and O–H groups in total. The van der Waals surface area contributed by atoms with E-state index in [1.807, 2.05) is 0 Å². The SMILES string of the molecule is CN(C)CCOc1ccc(C2CCCC(c3ccc(O)cc3)C2)cc1. The molecule has 134 valence electrons. The number of aromatic hydroxyl groups is 1. The second-order valence-electron chi connectivity index (χ2n) is 7.37. The zero-order valence-electron chi connectivity index (χ0n) is 15.3. The highest BCUT2D eigenvalue weighted by Gasteiger charge is 2.24. The van der Waals surface area contributed by atoms with Crippen LogP contribution in [0.5, 0.6) is 11.5 Å². The average Bonchev–Trinajstić information content (AvgIpc) is 2.63. The lowest BCUT2D eigenvalue weighted by atomic mass is 9.75. The first kappa shape index (κ1) is 17.8. The molecule has 0 heterocycles. The van der Waals surface area contributed by atoms with Gasteiger partial charge in [-0.3, -0.25) is 0 Å². The van der Waals surface area contributed by atoms with Crippen molar-refractivity contribution in [3.05, 3.63) is 59.7 Å². The zero-order valence-corrected chi connectivity index (χ0v) is 15.3. The van der Waals surface area contributed by atoms with Crippen LogP contribution in [0.15, 0.2) is 48.5 Å². The van der Waals surface area contributed by atoms with Crippen molar-refractivity contribution in [2.75, 3.05) is 27.2 Å². The molecule has 2 atom stereocenters. The van der Waals surface area contributed by atoms with Gasteiger partial charge >= 0.3 is 0 Å². The van der Waals surface area contributed by atoms with Crippen LogP contribution in [-0.2, 0) is 0 Å². The molecule has 2 unspecified atom stereocenters. The number of hydrogen-bond donors (Lipinski definition) is 1. The predicted molar refractivity (Wildman–Crippen MR) is 103 cm³/mol. The van der Waals surface area contributed by atoms with Crippen molar-refractivity contribution >= 4 is 0 Å². The van der Waals surface area contributed by atoms with E-state index in [2.05, 4.69) is 55.4 Å². The van der Waals surface area contributed by atoms with Crippen LogP contribution in [0.25, 0.3) is 0 Å². The van der Waals surface area contributed by atoms with Gasteiger partial charge in [0.15, 0.2) is 0 Å². The van der Waals surface area contributed by atoms with Crippen LogP contribution in [0.2, 0.25) is 0 Å². The molecule has 0 bridgehead atoms. The summed E-state index contributed by atoms with van der Waals surface area (Å²) in [5, 5.41) is 9.49. The Bertz CT molecular complexity index is 649. The number of likely N-dealkylation sites (N-methyl/N-ethyl adjacent to an activating group) is 1. The molecule has 0 amide bonds. The molecular weight excluding hydrogens is 310 g/mol. The monoisotopic (exact) mass is 339 g/mol. The molecule has 0 aliphatic heterocycles. The van der Waals surface area contributed by atoms with E-state index in [1.54, 1.807) is 12.1 Å². The second kappa shape index (κ2) is 8.39. The summed E-state index contributed by atoms with van der Waals surface area (Å²) >= 11 is 0. The third kappa shape index (κ3) is 4.99. The zero-order chi connectivity index (χ0) is 17.6. The Morgan fingerprint density at radius 1 is 0.920 bits per heavy atom. The van der Waals surface area contributed by atoms with Crippen molar-refractivity contribution in [1.29, 1.82) is 0 Å². The van der Waals surface area contributed by atoms with Crippen molar-refractivity contribution in [1.82, 2.24) is 4.90 Å². The van der Waals surface area contributed by atoms with Crippen molar-refractivity contribution in [3.63, 3.8) is 0 Å². The van der Waals surface area contributed by atoms with E-state index in [4.69, 9.17) is 4.74 Å². The van der Waals surface area contributed by atoms with E-state index in [0.717, 1.165) is 18.9 Å². The Morgan fingerprint density at radius 2 is 1.48 bits per heavy atom. The average molecular weight is 339 g/mol. The Balaban J connectivity index is 1.60. The van der Waals surface area contributed by atoms with E-state index < -0.39 is 0 Å². The summed E-state index contributed by atoms with van der Waals surface area (Å²) < 4.78 is 5.80. The molecule has 2 aromatic rings. The maximum atomic E-state index is 9.49. The summed E-state index contributed by atoms with van der Waals surface area (Å²) in [6.45, 7) is 1.65. The van der Waals surface area contributed by atoms with Crippen molar-refractivity contribution in [2.24, 2.45) is 0 Å². The molecule has 0 saturated heterocycles. The maximum absolute atomic E-state index is 9.49. The summed E-state index contributed by atoms with van der Waals surface area (Å²) in [5.74, 6) is 2.51. The number of phenolic OH excluding ortho intramolecular Hbond substituents is 1. The smallest absolute Gasteiger partial charge is 0.119 e. The van der Waals surface area contributed by atoms with E-state index in [-0.39, 0.29) is 0 Å². The topological polar surface area (TPSA) is 32.7 Å². The van der Waals surface area contributed by atoms with Crippen molar-refractivity contribution < 1.29 is 9.84 Å². The number of nitrogens with zero attached hydrogens (tertiary/aromatic N) is 1. The van der Waals surface area contributed by atoms with E-state index in [0.29, 0.717) is 17.6 Å². The van der Waals surface area contributed by atoms with E-state index >= 15 is 0 Å². The van der Waals surface area contributed by atoms with Crippen molar-refractivity contribution in [3.8, 4) is 11.5 Å². The Hall–Kier alpha value is -2.00. The molecule has 3 nitrogen and oxygen atoms in total. The number of rotatable bonds is 6. The van der Waals surface area contributed by atoms with Crippen LogP contribution in [-0.4, -0.2) is 37.3 Å². The Kier molecular flexibility index (Phi) is 5.98. The minimum Gasteiger partial charge on any atom is -0.508 e. The van der Waals surface area contributed by atoms with Gasteiger partial charge in [-0.1, -0.05) is 30.7 Å². The number of ether oxygens (including phenoxy) is 1. The highest BCUT2D eigenvalue weighted by molar-refractivity contribution is 5.32. The van der Waals surface area contributed by atoms with E-state index in [9.17, 15) is 5.11 Å². The maximum Gasteiger partial charge on any atom is 0.119 e. The first-order valence-corrected chi connectivity index (χ1v) is 9.28. The fourth-order valence-corrected chi connectivity index (χ4v) is 3.72. The molecule has 3 heteroatoms. The van der Waals surface area contributed by atoms with Crippen LogP contribution < -0.4 is 4.74 Å². The van der Waals surface area contributed by atoms with Gasteiger partial charge in [0.25, 0.3) is 0 Å². The lowest BCUT2D eigenvalue weighted by Gasteiger charge is -2.30. The van der Waals surface area contributed by atoms with Gasteiger partial charge in [-0.05, 0) is 80.6 Å². The quantitative estimate of drug-likeness (QED) is 0.822. The molecule has 0 radical (unpaired) electrons. The van der Waals surface area contributed by atoms with Crippen LogP contribution in [0.3, 0.4) is 0 Å². The minimum absolute atomic E-state index is 0.348. The van der Waals surface area contributed by atoms with Crippen LogP contribution >= 0.6 is 0 Å². The van der Waals surface area contributed by atoms with Gasteiger partial charge in [0, 0.05) is 6.54 Å². The second-order valence-corrected chi connectivity index (χ2v) is 7.37. The molecule has 25 heavy (non-hydrogen) atoms. The summed E-state index contributed by atoms with van der Waals surface area (Å²) in [7, 11) is 4.11. The van der Waals surface area contributed by atoms with Crippen LogP contribution in [0, 0.1) is 0 Å². The first-order valence-electron chi connectivity index (χ1n) is 9.28. The highest BCUT2D eigenvalue weighted by atomic mass is 16.5. The lowest BCUT2D eigenvalue weighted by molar-refractivity contribution is 0.261. The minimum atomic E-state index is 0.348. The van der Waals surface area contributed by atoms with Gasteiger partial charge in [0.05, 0.1) is 0 Å². The van der Waals surface area contributed by atoms with Crippen LogP contribution in [0.1, 0.15) is 48.6 Å². The van der Waals surface area contributed by atoms with E-state index in [1.165, 1.54) is 36.8 Å². The molecule has 0 spiro atoms. The van der Waals surface area contributed by atoms with Gasteiger partial charge < -0.3 is 14.7 Å². The third-order valence-electron chi connectivity index (χ3n) is 5.20. The molecule has 3 rings (SSSR count). The van der Waals surface area contributed by atoms with Gasteiger partial charge in [-0.2, -0.15) is 0 Å².